The zero-order valence-electron chi connectivity index (χ0n) is 60.1. The number of benzene rings is 8. The minimum atomic E-state index is -0.948. The van der Waals surface area contributed by atoms with Gasteiger partial charge in [0.05, 0.1) is 22.1 Å². The number of aromatic carboxylic acids is 1. The maximum Gasteiger partial charge on any atom is 0.335 e. The fourth-order valence-electron chi connectivity index (χ4n) is 14.0. The standard InChI is InChI=1S/C27H25FN4O2S.C16H12FNO.C15H10FNO2.C12H17N3OS.C10H9NO.C6H4BrF/c28-22-2-4-23(5-3-22)32-13-9-19-15-20(1-6-24(19)32)26(33)31-16-21(17-31)18-7-11-30(12-8-18)27(34)25-29-10-14-35-25;1-11(19)12-2-7-16-13(10-12)8-9-18(16)15-5-3-14(17)4-6-15;16-12-2-4-13(5-3-12)17-8-7-10-9-11(15(18)19)1-6-14(10)17;16-12(11-14-3-6-17-11)15-4-1-9(2-5-15)10-7-13-8-10;1-7(12)8-2-3-10-9(6-8)4-5-11-10;7-5-1-3-6(8)4-2-5/h1-6,9-10,13-15,18,21H,7-8,11-12,16-17H2;2-10H,1H3;1-9H,(H,18,19);3,6,9-10,13H,1-2,4-5,7-8H2;2-6,11H,1H3;1-4H. The Morgan fingerprint density at radius 1 is 0.427 bits per heavy atom. The van der Waals surface area contributed by atoms with Crippen molar-refractivity contribution in [1.82, 2.24) is 48.7 Å². The van der Waals surface area contributed by atoms with Crippen LogP contribution in [0.4, 0.5) is 17.6 Å². The molecule has 17 nitrogen and oxygen atoms in total. The van der Waals surface area contributed by atoms with Gasteiger partial charge in [-0.05, 0) is 270 Å². The number of hydrogen-bond acceptors (Lipinski definition) is 11. The van der Waals surface area contributed by atoms with Gasteiger partial charge in [-0.15, -0.1) is 22.7 Å². The van der Waals surface area contributed by atoms with Crippen molar-refractivity contribution in [2.24, 2.45) is 23.7 Å². The summed E-state index contributed by atoms with van der Waals surface area (Å²) < 4.78 is 57.9. The Morgan fingerprint density at radius 2 is 0.809 bits per heavy atom. The highest BCUT2D eigenvalue weighted by Crippen LogP contribution is 2.35. The van der Waals surface area contributed by atoms with Gasteiger partial charge in [0.25, 0.3) is 17.7 Å². The molecule has 24 heteroatoms. The van der Waals surface area contributed by atoms with Gasteiger partial charge in [0.15, 0.2) is 21.6 Å². The maximum absolute atomic E-state index is 13.3. The van der Waals surface area contributed by atoms with E-state index in [1.165, 1.54) is 84.3 Å². The van der Waals surface area contributed by atoms with Gasteiger partial charge >= 0.3 is 5.97 Å². The minimum absolute atomic E-state index is 0.0347. The zero-order chi connectivity index (χ0) is 77.0. The number of nitrogens with one attached hydrogen (secondary N) is 2. The first-order chi connectivity index (χ1) is 53.3. The molecule has 0 saturated carbocycles. The molecule has 0 atom stereocenters. The summed E-state index contributed by atoms with van der Waals surface area (Å²) in [6.45, 7) is 10.4. The lowest BCUT2D eigenvalue weighted by molar-refractivity contribution is 0.0228. The maximum atomic E-state index is 13.3. The highest BCUT2D eigenvalue weighted by Gasteiger charge is 2.39. The summed E-state index contributed by atoms with van der Waals surface area (Å²) in [5.74, 6) is 1.15. The monoisotopic (exact) mass is 1580 g/mol. The number of H-pyrrole nitrogens is 1. The molecule has 14 aromatic rings. The molecule has 0 radical (unpaired) electrons. The molecule has 4 fully saturated rings. The smallest absolute Gasteiger partial charge is 0.335 e. The fraction of sp³-hybridized carbons (Fsp3) is 0.209. The van der Waals surface area contributed by atoms with Crippen molar-refractivity contribution < 1.29 is 51.4 Å². The van der Waals surface area contributed by atoms with E-state index in [0.717, 1.165) is 147 Å². The number of nitrogens with zero attached hydrogens (tertiary/aromatic N) is 8. The van der Waals surface area contributed by atoms with E-state index in [9.17, 15) is 46.3 Å². The van der Waals surface area contributed by atoms with Crippen LogP contribution in [0.5, 0.6) is 0 Å². The molecule has 0 aliphatic carbocycles. The first-order valence-electron chi connectivity index (χ1n) is 36.0. The number of likely N-dealkylation sites (tertiary alicyclic amines) is 3. The van der Waals surface area contributed by atoms with Crippen molar-refractivity contribution in [3.63, 3.8) is 0 Å². The van der Waals surface area contributed by atoms with Gasteiger partial charge in [-0.2, -0.15) is 0 Å². The molecule has 4 saturated heterocycles. The second kappa shape index (κ2) is 35.3. The van der Waals surface area contributed by atoms with Crippen LogP contribution in [0.15, 0.2) is 247 Å². The lowest BCUT2D eigenvalue weighted by Gasteiger charge is -2.46. The molecular weight excluding hydrogens is 1510 g/mol. The Kier molecular flexibility index (Phi) is 24.6. The van der Waals surface area contributed by atoms with Gasteiger partial charge in [0, 0.05) is 152 Å². The first-order valence-corrected chi connectivity index (χ1v) is 38.5. The molecule has 4 aliphatic rings. The number of carbonyl (C=O) groups excluding carboxylic acids is 5. The summed E-state index contributed by atoms with van der Waals surface area (Å²) in [6.07, 6.45) is 15.2. The third-order valence-electron chi connectivity index (χ3n) is 20.3. The second-order valence-electron chi connectivity index (χ2n) is 27.3. The van der Waals surface area contributed by atoms with Gasteiger partial charge in [0.1, 0.15) is 23.3 Å². The van der Waals surface area contributed by atoms with Gasteiger partial charge in [-0.3, -0.25) is 24.0 Å². The molecule has 3 N–H and O–H groups in total. The Morgan fingerprint density at radius 3 is 1.20 bits per heavy atom. The summed E-state index contributed by atoms with van der Waals surface area (Å²) >= 11 is 6.00. The molecule has 110 heavy (non-hydrogen) atoms. The lowest BCUT2D eigenvalue weighted by atomic mass is 9.79. The number of fused-ring (bicyclic) bond motifs is 4. The Hall–Kier alpha value is -11.4. The van der Waals surface area contributed by atoms with Crippen LogP contribution in [0.2, 0.25) is 0 Å². The predicted molar refractivity (Wildman–Crippen MR) is 426 cm³/mol. The normalized spacial score (nSPS) is 14.4. The summed E-state index contributed by atoms with van der Waals surface area (Å²) in [6, 6.07) is 54.7. The van der Waals surface area contributed by atoms with E-state index in [2.05, 4.69) is 36.2 Å². The van der Waals surface area contributed by atoms with E-state index in [0.29, 0.717) is 33.0 Å². The van der Waals surface area contributed by atoms with Crippen molar-refractivity contribution >= 4 is 117 Å². The third-order valence-corrected chi connectivity index (χ3v) is 22.3. The Balaban J connectivity index is 0.000000123. The lowest BCUT2D eigenvalue weighted by Crippen LogP contribution is -2.54. The van der Waals surface area contributed by atoms with Gasteiger partial charge in [-0.25, -0.2) is 32.3 Å². The van der Waals surface area contributed by atoms with Crippen molar-refractivity contribution in [3.8, 4) is 17.1 Å². The molecule has 4 aliphatic heterocycles. The van der Waals surface area contributed by atoms with Crippen molar-refractivity contribution in [1.29, 1.82) is 0 Å². The van der Waals surface area contributed by atoms with Gasteiger partial charge < -0.3 is 43.8 Å². The molecule has 10 heterocycles. The highest BCUT2D eigenvalue weighted by molar-refractivity contribution is 9.10. The number of piperidine rings is 2. The van der Waals surface area contributed by atoms with Crippen LogP contribution in [-0.2, 0) is 0 Å². The molecule has 560 valence electrons. The van der Waals surface area contributed by atoms with E-state index in [-0.39, 0.29) is 58.1 Å². The minimum Gasteiger partial charge on any atom is -0.478 e. The van der Waals surface area contributed by atoms with E-state index in [4.69, 9.17) is 5.11 Å². The van der Waals surface area contributed by atoms with Crippen LogP contribution in [-0.4, -0.2) is 136 Å². The number of carbonyl (C=O) groups is 6. The largest absolute Gasteiger partial charge is 0.478 e. The number of rotatable bonds is 11. The van der Waals surface area contributed by atoms with Crippen molar-refractivity contribution in [2.45, 2.75) is 39.5 Å². The van der Waals surface area contributed by atoms with E-state index >= 15 is 0 Å². The summed E-state index contributed by atoms with van der Waals surface area (Å²) in [4.78, 5) is 88.1. The molecule has 0 bridgehead atoms. The van der Waals surface area contributed by atoms with Crippen LogP contribution >= 0.6 is 38.6 Å². The number of hydrogen-bond donors (Lipinski definition) is 3. The van der Waals surface area contributed by atoms with Crippen LogP contribution < -0.4 is 5.32 Å². The Bertz CT molecular complexity index is 5380. The number of halogens is 5. The SMILES string of the molecule is CC(=O)c1ccc2[nH]ccc2c1.CC(=O)c1ccc2c(ccn2-c2ccc(F)cc2)c1.Fc1ccc(Br)cc1.O=C(O)c1ccc2c(ccn2-c2ccc(F)cc2)c1.O=C(c1ccc2c(ccn2-c2ccc(F)cc2)c1)N1CC(C2CCN(C(=O)c3nccs3)CC2)C1.O=C(c1nccs1)N1CCC(C2CNC2)CC1. The quantitative estimate of drug-likeness (QED) is 0.0826. The van der Waals surface area contributed by atoms with Gasteiger partial charge in [0.2, 0.25) is 0 Å². The van der Waals surface area contributed by atoms with Crippen LogP contribution in [0.1, 0.15) is 101 Å². The molecular formula is C86H77BrF4N10O7S2. The molecule has 3 amide bonds. The number of carboxylic acids is 1. The summed E-state index contributed by atoms with van der Waals surface area (Å²) in [7, 11) is 0. The average molecular weight is 1580 g/mol. The average Bonchev–Trinajstić information content (AvgIpc) is 1.47. The van der Waals surface area contributed by atoms with E-state index < -0.39 is 5.97 Å². The van der Waals surface area contributed by atoms with E-state index in [1.807, 2.05) is 143 Å². The molecule has 18 rings (SSSR count). The fourth-order valence-corrected chi connectivity index (χ4v) is 15.4. The number of aromatic amines is 1. The number of amides is 3. The number of aromatic nitrogens is 6. The summed E-state index contributed by atoms with van der Waals surface area (Å²) in [5, 5.41) is 21.1. The van der Waals surface area contributed by atoms with Crippen LogP contribution in [0.25, 0.3) is 60.7 Å². The molecule has 8 aromatic carbocycles. The zero-order valence-corrected chi connectivity index (χ0v) is 63.3. The second-order valence-corrected chi connectivity index (χ2v) is 30.0. The number of carboxylic acid groups (broad SMARTS) is 1. The number of ketones is 2. The van der Waals surface area contributed by atoms with Crippen molar-refractivity contribution in [2.75, 3.05) is 52.4 Å². The Labute approximate surface area is 648 Å². The first kappa shape index (κ1) is 76.7. The van der Waals surface area contributed by atoms with Crippen molar-refractivity contribution in [3.05, 3.63) is 302 Å². The summed E-state index contributed by atoms with van der Waals surface area (Å²) in [5.41, 5.74) is 8.95. The van der Waals surface area contributed by atoms with Crippen LogP contribution in [0.3, 0.4) is 0 Å². The molecule has 6 aromatic heterocycles. The van der Waals surface area contributed by atoms with Gasteiger partial charge in [-0.1, -0.05) is 15.9 Å². The number of thiazole rings is 2. The third kappa shape index (κ3) is 18.6. The highest BCUT2D eigenvalue weighted by atomic mass is 79.9. The predicted octanol–water partition coefficient (Wildman–Crippen LogP) is 18.5. The van der Waals surface area contributed by atoms with E-state index in [1.54, 1.807) is 93.0 Å². The number of Topliss-reactive ketones (excluding diaryl/α,β-unsaturated/α-hetero) is 2. The molecule has 0 unspecified atom stereocenters. The van der Waals surface area contributed by atoms with Crippen LogP contribution in [0, 0.1) is 46.9 Å². The topological polar surface area (TPSA) is 201 Å². The molecule has 0 spiro atoms.